The highest BCUT2D eigenvalue weighted by Crippen LogP contribution is 2.40. The van der Waals surface area contributed by atoms with Crippen molar-refractivity contribution < 1.29 is 4.39 Å². The lowest BCUT2D eigenvalue weighted by molar-refractivity contribution is 0.183. The lowest BCUT2D eigenvalue weighted by atomic mass is 10.3. The minimum absolute atomic E-state index is 0. The first-order valence-electron chi connectivity index (χ1n) is 4.91. The first kappa shape index (κ1) is 11.2. The monoisotopic (exact) mass is 208 g/mol. The summed E-state index contributed by atoms with van der Waals surface area (Å²) in [4.78, 5) is 2.26. The lowest BCUT2D eigenvalue weighted by Gasteiger charge is -2.21. The number of nitrogens with zero attached hydrogens (tertiary/aromatic N) is 1. The highest BCUT2D eigenvalue weighted by molar-refractivity contribution is 5.85. The molecule has 0 atom stereocenters. The summed E-state index contributed by atoms with van der Waals surface area (Å²) >= 11 is 0. The van der Waals surface area contributed by atoms with E-state index in [2.05, 4.69) is 10.2 Å². The van der Waals surface area contributed by atoms with Gasteiger partial charge in [-0.3, -0.25) is 4.90 Å². The van der Waals surface area contributed by atoms with E-state index < -0.39 is 5.67 Å². The second kappa shape index (κ2) is 4.58. The molecule has 0 radical (unpaired) electrons. The van der Waals surface area contributed by atoms with Crippen LogP contribution in [0.15, 0.2) is 0 Å². The maximum Gasteiger partial charge on any atom is 0.123 e. The Hall–Kier alpha value is 0.140. The van der Waals surface area contributed by atoms with Crippen molar-refractivity contribution in [3.05, 3.63) is 0 Å². The highest BCUT2D eigenvalue weighted by atomic mass is 35.5. The van der Waals surface area contributed by atoms with Gasteiger partial charge in [-0.05, 0) is 32.4 Å². The summed E-state index contributed by atoms with van der Waals surface area (Å²) in [5.74, 6) is 0. The number of alkyl halides is 1. The van der Waals surface area contributed by atoms with Crippen molar-refractivity contribution in [2.24, 2.45) is 0 Å². The van der Waals surface area contributed by atoms with Gasteiger partial charge < -0.3 is 5.32 Å². The molecule has 0 aromatic rings. The quantitative estimate of drug-likeness (QED) is 0.734. The van der Waals surface area contributed by atoms with Gasteiger partial charge in [-0.15, -0.1) is 12.4 Å². The van der Waals surface area contributed by atoms with Gasteiger partial charge in [0.2, 0.25) is 0 Å². The third kappa shape index (κ3) is 3.41. The SMILES string of the molecule is Cl.FC1(CN2CCCNCC2)CC1. The fraction of sp³-hybridized carbons (Fsp3) is 1.00. The summed E-state index contributed by atoms with van der Waals surface area (Å²) in [6, 6.07) is 0. The van der Waals surface area contributed by atoms with Crippen LogP contribution < -0.4 is 5.32 Å². The molecule has 0 aromatic carbocycles. The average molecular weight is 209 g/mol. The summed E-state index contributed by atoms with van der Waals surface area (Å²) in [5.41, 5.74) is -0.801. The molecule has 2 nitrogen and oxygen atoms in total. The topological polar surface area (TPSA) is 15.3 Å². The third-order valence-electron chi connectivity index (χ3n) is 2.73. The van der Waals surface area contributed by atoms with E-state index in [-0.39, 0.29) is 12.4 Å². The van der Waals surface area contributed by atoms with Gasteiger partial charge in [-0.25, -0.2) is 4.39 Å². The Bertz CT molecular complexity index is 154. The fourth-order valence-electron chi connectivity index (χ4n) is 1.75. The number of nitrogens with one attached hydrogen (secondary N) is 1. The van der Waals surface area contributed by atoms with E-state index in [1.807, 2.05) is 0 Å². The van der Waals surface area contributed by atoms with Crippen molar-refractivity contribution in [3.8, 4) is 0 Å². The molecular formula is C9H18ClFN2. The van der Waals surface area contributed by atoms with Crippen molar-refractivity contribution in [2.45, 2.75) is 24.9 Å². The number of hydrogen-bond donors (Lipinski definition) is 1. The van der Waals surface area contributed by atoms with Crippen molar-refractivity contribution in [3.63, 3.8) is 0 Å². The molecule has 4 heteroatoms. The van der Waals surface area contributed by atoms with Gasteiger partial charge in [0.25, 0.3) is 0 Å². The molecule has 2 rings (SSSR count). The molecule has 0 unspecified atom stereocenters. The predicted molar refractivity (Wildman–Crippen MR) is 54.2 cm³/mol. The van der Waals surface area contributed by atoms with E-state index in [1.165, 1.54) is 0 Å². The molecule has 1 aliphatic carbocycles. The van der Waals surface area contributed by atoms with Crippen LogP contribution in [0.4, 0.5) is 4.39 Å². The molecule has 1 aliphatic heterocycles. The van der Waals surface area contributed by atoms with Crippen molar-refractivity contribution >= 4 is 12.4 Å². The molecule has 0 bridgehead atoms. The molecule has 1 heterocycles. The largest absolute Gasteiger partial charge is 0.315 e. The number of hydrogen-bond acceptors (Lipinski definition) is 2. The van der Waals surface area contributed by atoms with Crippen LogP contribution in [0.2, 0.25) is 0 Å². The molecule has 0 amide bonds. The first-order valence-corrected chi connectivity index (χ1v) is 4.91. The van der Waals surface area contributed by atoms with Gasteiger partial charge in [-0.1, -0.05) is 0 Å². The molecule has 1 N–H and O–H groups in total. The molecule has 0 aromatic heterocycles. The van der Waals surface area contributed by atoms with Gasteiger partial charge in [0.05, 0.1) is 0 Å². The van der Waals surface area contributed by atoms with Crippen LogP contribution in [-0.4, -0.2) is 43.3 Å². The van der Waals surface area contributed by atoms with Gasteiger partial charge >= 0.3 is 0 Å². The smallest absolute Gasteiger partial charge is 0.123 e. The van der Waals surface area contributed by atoms with Gasteiger partial charge in [0, 0.05) is 19.6 Å². The molecule has 78 valence electrons. The summed E-state index contributed by atoms with van der Waals surface area (Å²) in [6.45, 7) is 4.88. The highest BCUT2D eigenvalue weighted by Gasteiger charge is 2.44. The second-order valence-corrected chi connectivity index (χ2v) is 4.03. The van der Waals surface area contributed by atoms with Crippen molar-refractivity contribution in [2.75, 3.05) is 32.7 Å². The van der Waals surface area contributed by atoms with E-state index >= 15 is 0 Å². The fourth-order valence-corrected chi connectivity index (χ4v) is 1.75. The third-order valence-corrected chi connectivity index (χ3v) is 2.73. The summed E-state index contributed by atoms with van der Waals surface area (Å²) in [7, 11) is 0. The summed E-state index contributed by atoms with van der Waals surface area (Å²) < 4.78 is 13.4. The van der Waals surface area contributed by atoms with Gasteiger partial charge in [0.1, 0.15) is 5.67 Å². The Morgan fingerprint density at radius 3 is 2.69 bits per heavy atom. The maximum absolute atomic E-state index is 13.4. The van der Waals surface area contributed by atoms with E-state index in [1.54, 1.807) is 0 Å². The van der Waals surface area contributed by atoms with E-state index in [4.69, 9.17) is 0 Å². The van der Waals surface area contributed by atoms with Crippen LogP contribution in [-0.2, 0) is 0 Å². The second-order valence-electron chi connectivity index (χ2n) is 4.03. The lowest BCUT2D eigenvalue weighted by Crippen LogP contribution is -2.34. The zero-order valence-corrected chi connectivity index (χ0v) is 8.71. The molecule has 1 saturated carbocycles. The first-order chi connectivity index (χ1) is 5.79. The Labute approximate surface area is 85.3 Å². The van der Waals surface area contributed by atoms with Crippen LogP contribution in [0.3, 0.4) is 0 Å². The summed E-state index contributed by atoms with van der Waals surface area (Å²) in [5, 5.41) is 3.32. The zero-order valence-electron chi connectivity index (χ0n) is 7.89. The summed E-state index contributed by atoms with van der Waals surface area (Å²) in [6.07, 6.45) is 2.74. The van der Waals surface area contributed by atoms with Crippen LogP contribution in [0.25, 0.3) is 0 Å². The predicted octanol–water partition coefficient (Wildman–Crippen LogP) is 1.21. The van der Waals surface area contributed by atoms with Gasteiger partial charge in [0.15, 0.2) is 0 Å². The van der Waals surface area contributed by atoms with Gasteiger partial charge in [-0.2, -0.15) is 0 Å². The van der Waals surface area contributed by atoms with Crippen molar-refractivity contribution in [1.82, 2.24) is 10.2 Å². The van der Waals surface area contributed by atoms with Crippen LogP contribution in [0, 0.1) is 0 Å². The zero-order chi connectivity index (χ0) is 8.44. The standard InChI is InChI=1S/C9H17FN2.ClH/c10-9(2-3-9)8-12-6-1-4-11-5-7-12;/h11H,1-8H2;1H. The molecule has 2 aliphatic rings. The van der Waals surface area contributed by atoms with E-state index in [9.17, 15) is 4.39 Å². The normalized spacial score (nSPS) is 27.5. The Morgan fingerprint density at radius 1 is 1.23 bits per heavy atom. The Morgan fingerprint density at radius 2 is 2.00 bits per heavy atom. The molecule has 0 spiro atoms. The molecule has 2 fully saturated rings. The minimum Gasteiger partial charge on any atom is -0.315 e. The van der Waals surface area contributed by atoms with E-state index in [0.717, 1.165) is 45.4 Å². The van der Waals surface area contributed by atoms with E-state index in [0.29, 0.717) is 6.54 Å². The Kier molecular flexibility index (Phi) is 3.95. The number of rotatable bonds is 2. The Balaban J connectivity index is 0.000000845. The van der Waals surface area contributed by atoms with Crippen LogP contribution in [0.5, 0.6) is 0 Å². The van der Waals surface area contributed by atoms with Crippen LogP contribution in [0.1, 0.15) is 19.3 Å². The van der Waals surface area contributed by atoms with Crippen molar-refractivity contribution in [1.29, 1.82) is 0 Å². The molecular weight excluding hydrogens is 191 g/mol. The molecule has 13 heavy (non-hydrogen) atoms. The molecule has 1 saturated heterocycles. The van der Waals surface area contributed by atoms with Crippen LogP contribution >= 0.6 is 12.4 Å². The number of halogens is 2. The minimum atomic E-state index is -0.801. The average Bonchev–Trinajstić information content (AvgIpc) is 2.78. The maximum atomic E-state index is 13.4.